The first-order valence-electron chi connectivity index (χ1n) is 6.69. The van der Waals surface area contributed by atoms with Crippen LogP contribution in [0.15, 0.2) is 35.8 Å². The molecule has 1 aromatic carbocycles. The van der Waals surface area contributed by atoms with E-state index in [9.17, 15) is 4.79 Å². The molecule has 0 radical (unpaired) electrons. The molecule has 0 aliphatic heterocycles. The fourth-order valence-corrected chi connectivity index (χ4v) is 2.73. The molecule has 1 atom stereocenters. The molecule has 0 spiro atoms. The van der Waals surface area contributed by atoms with Crippen molar-refractivity contribution in [1.82, 2.24) is 10.3 Å². The van der Waals surface area contributed by atoms with Gasteiger partial charge >= 0.3 is 0 Å². The second-order valence-electron chi connectivity index (χ2n) is 4.58. The van der Waals surface area contributed by atoms with E-state index in [2.05, 4.69) is 22.5 Å². The highest BCUT2D eigenvalue weighted by molar-refractivity contribution is 7.09. The summed E-state index contributed by atoms with van der Waals surface area (Å²) < 4.78 is 0. The van der Waals surface area contributed by atoms with Gasteiger partial charge in [0.15, 0.2) is 0 Å². The lowest BCUT2D eigenvalue weighted by molar-refractivity contribution is -0.115. The normalized spacial score (nSPS) is 12.1. The van der Waals surface area contributed by atoms with Crippen molar-refractivity contribution in [2.24, 2.45) is 0 Å². The number of nitrogens with one attached hydrogen (secondary N) is 2. The van der Waals surface area contributed by atoms with Gasteiger partial charge in [0, 0.05) is 17.3 Å². The van der Waals surface area contributed by atoms with Crippen LogP contribution in [-0.4, -0.2) is 17.4 Å². The van der Waals surface area contributed by atoms with E-state index in [0.29, 0.717) is 0 Å². The number of hydrogen-bond donors (Lipinski definition) is 2. The van der Waals surface area contributed by atoms with Crippen molar-refractivity contribution in [2.75, 3.05) is 11.9 Å². The average Bonchev–Trinajstić information content (AvgIpc) is 2.96. The Hall–Kier alpha value is -1.72. The Balaban J connectivity index is 1.87. The zero-order valence-electron chi connectivity index (χ0n) is 11.7. The highest BCUT2D eigenvalue weighted by Gasteiger charge is 2.13. The lowest BCUT2D eigenvalue weighted by Crippen LogP contribution is -2.31. The molecule has 1 aromatic heterocycles. The van der Waals surface area contributed by atoms with E-state index in [1.54, 1.807) is 17.5 Å². The van der Waals surface area contributed by atoms with E-state index in [1.807, 2.05) is 36.6 Å². The van der Waals surface area contributed by atoms with Crippen molar-refractivity contribution in [3.8, 4) is 0 Å². The van der Waals surface area contributed by atoms with Gasteiger partial charge in [-0.05, 0) is 25.0 Å². The Kier molecular flexibility index (Phi) is 5.26. The van der Waals surface area contributed by atoms with Gasteiger partial charge in [-0.3, -0.25) is 10.1 Å². The van der Waals surface area contributed by atoms with Crippen molar-refractivity contribution in [3.05, 3.63) is 46.4 Å². The summed E-state index contributed by atoms with van der Waals surface area (Å²) in [6, 6.07) is 7.90. The lowest BCUT2D eigenvalue weighted by atomic mass is 10.2. The second kappa shape index (κ2) is 7.17. The maximum atomic E-state index is 12.0. The van der Waals surface area contributed by atoms with Crippen LogP contribution in [-0.2, 0) is 4.79 Å². The average molecular weight is 289 g/mol. The van der Waals surface area contributed by atoms with Gasteiger partial charge in [0.1, 0.15) is 5.01 Å². The number of nitrogens with zero attached hydrogens (tertiary/aromatic N) is 1. The van der Waals surface area contributed by atoms with Crippen LogP contribution >= 0.6 is 11.3 Å². The first kappa shape index (κ1) is 14.7. The molecule has 1 unspecified atom stereocenters. The molecule has 2 rings (SSSR count). The van der Waals surface area contributed by atoms with E-state index in [0.717, 1.165) is 22.7 Å². The smallest absolute Gasteiger partial charge is 0.238 e. The van der Waals surface area contributed by atoms with Gasteiger partial charge in [0.25, 0.3) is 0 Å². The topological polar surface area (TPSA) is 54.0 Å². The van der Waals surface area contributed by atoms with Crippen molar-refractivity contribution in [1.29, 1.82) is 0 Å². The highest BCUT2D eigenvalue weighted by atomic mass is 32.1. The van der Waals surface area contributed by atoms with Gasteiger partial charge < -0.3 is 5.32 Å². The molecule has 2 N–H and O–H groups in total. The van der Waals surface area contributed by atoms with Crippen LogP contribution in [0.4, 0.5) is 5.69 Å². The van der Waals surface area contributed by atoms with Gasteiger partial charge in [0.05, 0.1) is 12.6 Å². The number of carbonyl (C=O) groups excluding carboxylic acids is 1. The number of para-hydroxylation sites is 1. The quantitative estimate of drug-likeness (QED) is 0.859. The monoisotopic (exact) mass is 289 g/mol. The predicted octanol–water partition coefficient (Wildman–Crippen LogP) is 3.13. The summed E-state index contributed by atoms with van der Waals surface area (Å²) in [5.41, 5.74) is 1.93. The number of aryl methyl sites for hydroxylation is 1. The van der Waals surface area contributed by atoms with Gasteiger partial charge in [0.2, 0.25) is 5.91 Å². The fraction of sp³-hybridized carbons (Fsp3) is 0.333. The Morgan fingerprint density at radius 1 is 1.40 bits per heavy atom. The van der Waals surface area contributed by atoms with Crippen molar-refractivity contribution >= 4 is 22.9 Å². The Morgan fingerprint density at radius 3 is 2.85 bits per heavy atom. The van der Waals surface area contributed by atoms with Crippen LogP contribution in [0.2, 0.25) is 0 Å². The maximum Gasteiger partial charge on any atom is 0.238 e. The Labute approximate surface area is 123 Å². The third-order valence-corrected chi connectivity index (χ3v) is 3.98. The molecular weight excluding hydrogens is 270 g/mol. The predicted molar refractivity (Wildman–Crippen MR) is 83.0 cm³/mol. The van der Waals surface area contributed by atoms with Crippen LogP contribution in [0.5, 0.6) is 0 Å². The number of carbonyl (C=O) groups is 1. The van der Waals surface area contributed by atoms with E-state index >= 15 is 0 Å². The summed E-state index contributed by atoms with van der Waals surface area (Å²) in [6.45, 7) is 4.35. The third-order valence-electron chi connectivity index (χ3n) is 3.09. The summed E-state index contributed by atoms with van der Waals surface area (Å²) >= 11 is 1.61. The molecule has 0 saturated heterocycles. The molecule has 20 heavy (non-hydrogen) atoms. The molecule has 4 nitrogen and oxygen atoms in total. The van der Waals surface area contributed by atoms with Gasteiger partial charge in [-0.2, -0.15) is 0 Å². The molecule has 5 heteroatoms. The molecule has 0 aliphatic carbocycles. The number of thiazole rings is 1. The number of rotatable bonds is 6. The zero-order valence-corrected chi connectivity index (χ0v) is 12.5. The van der Waals surface area contributed by atoms with E-state index in [4.69, 9.17) is 0 Å². The number of benzene rings is 1. The zero-order chi connectivity index (χ0) is 14.4. The van der Waals surface area contributed by atoms with Crippen LogP contribution in [0, 0.1) is 6.92 Å². The van der Waals surface area contributed by atoms with Crippen molar-refractivity contribution < 1.29 is 4.79 Å². The summed E-state index contributed by atoms with van der Waals surface area (Å²) in [6.07, 6.45) is 2.70. The minimum absolute atomic E-state index is 0.0330. The largest absolute Gasteiger partial charge is 0.325 e. The first-order valence-corrected chi connectivity index (χ1v) is 7.57. The summed E-state index contributed by atoms with van der Waals surface area (Å²) in [5, 5.41) is 9.14. The number of aromatic nitrogens is 1. The molecule has 1 heterocycles. The minimum Gasteiger partial charge on any atom is -0.325 e. The van der Waals surface area contributed by atoms with Crippen LogP contribution in [0.3, 0.4) is 0 Å². The van der Waals surface area contributed by atoms with Crippen LogP contribution < -0.4 is 10.6 Å². The fourth-order valence-electron chi connectivity index (χ4n) is 1.94. The third kappa shape index (κ3) is 3.88. The molecule has 0 bridgehead atoms. The SMILES string of the molecule is CCC(NCC(=O)Nc1ccccc1C)c1nccs1. The summed E-state index contributed by atoms with van der Waals surface area (Å²) in [5.74, 6) is -0.0330. The van der Waals surface area contributed by atoms with Gasteiger partial charge in [-0.1, -0.05) is 25.1 Å². The lowest BCUT2D eigenvalue weighted by Gasteiger charge is -2.14. The molecule has 0 aliphatic rings. The summed E-state index contributed by atoms with van der Waals surface area (Å²) in [4.78, 5) is 16.3. The molecular formula is C15H19N3OS. The van der Waals surface area contributed by atoms with Gasteiger partial charge in [-0.15, -0.1) is 11.3 Å². The molecule has 2 aromatic rings. The number of amides is 1. The van der Waals surface area contributed by atoms with Crippen molar-refractivity contribution in [2.45, 2.75) is 26.3 Å². The molecule has 0 saturated carbocycles. The maximum absolute atomic E-state index is 12.0. The standard InChI is InChI=1S/C15H19N3OS/c1-3-12(15-16-8-9-20-15)17-10-14(19)18-13-7-5-4-6-11(13)2/h4-9,12,17H,3,10H2,1-2H3,(H,18,19). The molecule has 106 valence electrons. The van der Waals surface area contributed by atoms with Gasteiger partial charge in [-0.25, -0.2) is 4.98 Å². The van der Waals surface area contributed by atoms with E-state index < -0.39 is 0 Å². The number of hydrogen-bond acceptors (Lipinski definition) is 4. The first-order chi connectivity index (χ1) is 9.70. The van der Waals surface area contributed by atoms with E-state index in [-0.39, 0.29) is 18.5 Å². The molecule has 1 amide bonds. The Morgan fingerprint density at radius 2 is 2.20 bits per heavy atom. The Bertz CT molecular complexity index is 554. The van der Waals surface area contributed by atoms with Crippen molar-refractivity contribution in [3.63, 3.8) is 0 Å². The van der Waals surface area contributed by atoms with E-state index in [1.165, 1.54) is 0 Å². The highest BCUT2D eigenvalue weighted by Crippen LogP contribution is 2.18. The number of anilines is 1. The minimum atomic E-state index is -0.0330. The molecule has 0 fully saturated rings. The second-order valence-corrected chi connectivity index (χ2v) is 5.50. The van der Waals surface area contributed by atoms with Crippen LogP contribution in [0.1, 0.15) is 30.0 Å². The van der Waals surface area contributed by atoms with Crippen LogP contribution in [0.25, 0.3) is 0 Å². The summed E-state index contributed by atoms with van der Waals surface area (Å²) in [7, 11) is 0.